The van der Waals surface area contributed by atoms with E-state index in [1.165, 1.54) is 12.8 Å². The molecule has 0 aromatic carbocycles. The van der Waals surface area contributed by atoms with Crippen molar-refractivity contribution < 1.29 is 0 Å². The molecule has 0 amide bonds. The molecule has 2 heterocycles. The van der Waals surface area contributed by atoms with Crippen LogP contribution < -0.4 is 10.6 Å². The second kappa shape index (κ2) is 5.39. The highest BCUT2D eigenvalue weighted by atomic mass is 35.5. The van der Waals surface area contributed by atoms with Crippen molar-refractivity contribution in [2.75, 3.05) is 13.1 Å². The van der Waals surface area contributed by atoms with E-state index in [1.807, 2.05) is 0 Å². The van der Waals surface area contributed by atoms with Crippen molar-refractivity contribution in [3.05, 3.63) is 23.2 Å². The molecule has 0 aliphatic carbocycles. The SMILES string of the molecule is Clc1nccnc1CNC1CCCNC1. The van der Waals surface area contributed by atoms with E-state index >= 15 is 0 Å². The van der Waals surface area contributed by atoms with Gasteiger partial charge in [-0.3, -0.25) is 4.98 Å². The van der Waals surface area contributed by atoms with E-state index in [0.717, 1.165) is 18.8 Å². The van der Waals surface area contributed by atoms with Gasteiger partial charge in [-0.25, -0.2) is 4.98 Å². The summed E-state index contributed by atoms with van der Waals surface area (Å²) in [5.74, 6) is 0. The smallest absolute Gasteiger partial charge is 0.151 e. The Labute approximate surface area is 94.5 Å². The molecule has 1 saturated heterocycles. The van der Waals surface area contributed by atoms with Gasteiger partial charge in [0.25, 0.3) is 0 Å². The molecule has 1 aliphatic heterocycles. The molecule has 1 fully saturated rings. The van der Waals surface area contributed by atoms with E-state index in [0.29, 0.717) is 17.7 Å². The molecule has 2 rings (SSSR count). The first-order chi connectivity index (χ1) is 7.36. The summed E-state index contributed by atoms with van der Waals surface area (Å²) in [6, 6.07) is 0.525. The Bertz CT molecular complexity index is 312. The fourth-order valence-corrected chi connectivity index (χ4v) is 1.91. The lowest BCUT2D eigenvalue weighted by molar-refractivity contribution is 0.387. The van der Waals surface area contributed by atoms with Gasteiger partial charge in [0.15, 0.2) is 5.15 Å². The lowest BCUT2D eigenvalue weighted by atomic mass is 10.1. The Morgan fingerprint density at radius 3 is 3.07 bits per heavy atom. The van der Waals surface area contributed by atoms with Crippen molar-refractivity contribution in [3.8, 4) is 0 Å². The predicted octanol–water partition coefficient (Wildman–Crippen LogP) is 0.972. The lowest BCUT2D eigenvalue weighted by Gasteiger charge is -2.23. The van der Waals surface area contributed by atoms with Crippen LogP contribution in [0.1, 0.15) is 18.5 Å². The summed E-state index contributed by atoms with van der Waals surface area (Å²) >= 11 is 5.91. The minimum atomic E-state index is 0.494. The Morgan fingerprint density at radius 2 is 2.33 bits per heavy atom. The van der Waals surface area contributed by atoms with Crippen molar-refractivity contribution in [1.82, 2.24) is 20.6 Å². The van der Waals surface area contributed by atoms with Crippen molar-refractivity contribution in [2.45, 2.75) is 25.4 Å². The number of hydrogen-bond donors (Lipinski definition) is 2. The van der Waals surface area contributed by atoms with Crippen LogP contribution in [0.2, 0.25) is 5.15 Å². The first kappa shape index (κ1) is 10.8. The summed E-state index contributed by atoms with van der Waals surface area (Å²) in [6.45, 7) is 2.85. The second-order valence-electron chi connectivity index (χ2n) is 3.72. The number of nitrogens with zero attached hydrogens (tertiary/aromatic N) is 2. The van der Waals surface area contributed by atoms with Gasteiger partial charge in [-0.15, -0.1) is 0 Å². The lowest BCUT2D eigenvalue weighted by Crippen LogP contribution is -2.42. The maximum Gasteiger partial charge on any atom is 0.151 e. The third kappa shape index (κ3) is 3.12. The topological polar surface area (TPSA) is 49.8 Å². The highest BCUT2D eigenvalue weighted by Gasteiger charge is 2.12. The molecule has 4 nitrogen and oxygen atoms in total. The van der Waals surface area contributed by atoms with Gasteiger partial charge in [-0.2, -0.15) is 0 Å². The summed E-state index contributed by atoms with van der Waals surface area (Å²) in [7, 11) is 0. The van der Waals surface area contributed by atoms with Crippen LogP contribution in [-0.4, -0.2) is 29.1 Å². The van der Waals surface area contributed by atoms with Crippen LogP contribution in [0.15, 0.2) is 12.4 Å². The van der Waals surface area contributed by atoms with Gasteiger partial charge in [-0.1, -0.05) is 11.6 Å². The largest absolute Gasteiger partial charge is 0.315 e. The molecule has 0 saturated carbocycles. The summed E-state index contributed by atoms with van der Waals surface area (Å²) in [5, 5.41) is 7.28. The molecular weight excluding hydrogens is 212 g/mol. The van der Waals surface area contributed by atoms with Crippen LogP contribution in [0.4, 0.5) is 0 Å². The van der Waals surface area contributed by atoms with E-state index in [4.69, 9.17) is 11.6 Å². The van der Waals surface area contributed by atoms with E-state index in [1.54, 1.807) is 12.4 Å². The number of nitrogens with one attached hydrogen (secondary N) is 2. The van der Waals surface area contributed by atoms with Crippen molar-refractivity contribution in [3.63, 3.8) is 0 Å². The zero-order valence-corrected chi connectivity index (χ0v) is 9.30. The molecular formula is C10H15ClN4. The van der Waals surface area contributed by atoms with E-state index < -0.39 is 0 Å². The van der Waals surface area contributed by atoms with Gasteiger partial charge in [0.1, 0.15) is 0 Å². The Balaban J connectivity index is 1.84. The summed E-state index contributed by atoms with van der Waals surface area (Å²) in [5.41, 5.74) is 0.824. The minimum absolute atomic E-state index is 0.494. The third-order valence-corrected chi connectivity index (χ3v) is 2.89. The summed E-state index contributed by atoms with van der Waals surface area (Å²) in [4.78, 5) is 8.18. The predicted molar refractivity (Wildman–Crippen MR) is 59.8 cm³/mol. The zero-order chi connectivity index (χ0) is 10.5. The normalized spacial score (nSPS) is 21.5. The fraction of sp³-hybridized carbons (Fsp3) is 0.600. The number of hydrogen-bond acceptors (Lipinski definition) is 4. The maximum absolute atomic E-state index is 5.91. The first-order valence-electron chi connectivity index (χ1n) is 5.26. The molecule has 1 unspecified atom stereocenters. The van der Waals surface area contributed by atoms with Gasteiger partial charge in [0.05, 0.1) is 5.69 Å². The van der Waals surface area contributed by atoms with Crippen LogP contribution >= 0.6 is 11.6 Å². The van der Waals surface area contributed by atoms with E-state index in [9.17, 15) is 0 Å². The molecule has 0 bridgehead atoms. The summed E-state index contributed by atoms with van der Waals surface area (Å²) in [6.07, 6.45) is 5.72. The monoisotopic (exact) mass is 226 g/mol. The first-order valence-corrected chi connectivity index (χ1v) is 5.63. The van der Waals surface area contributed by atoms with Crippen molar-refractivity contribution >= 4 is 11.6 Å². The van der Waals surface area contributed by atoms with Gasteiger partial charge in [0, 0.05) is 31.5 Å². The van der Waals surface area contributed by atoms with Crippen LogP contribution in [0.3, 0.4) is 0 Å². The van der Waals surface area contributed by atoms with Crippen LogP contribution in [0, 0.1) is 0 Å². The van der Waals surface area contributed by atoms with E-state index in [2.05, 4.69) is 20.6 Å². The highest BCUT2D eigenvalue weighted by Crippen LogP contribution is 2.09. The number of aromatic nitrogens is 2. The zero-order valence-electron chi connectivity index (χ0n) is 8.54. The van der Waals surface area contributed by atoms with Crippen LogP contribution in [0.25, 0.3) is 0 Å². The molecule has 5 heteroatoms. The molecule has 15 heavy (non-hydrogen) atoms. The van der Waals surface area contributed by atoms with Gasteiger partial charge >= 0.3 is 0 Å². The Hall–Kier alpha value is -0.710. The Morgan fingerprint density at radius 1 is 1.47 bits per heavy atom. The van der Waals surface area contributed by atoms with E-state index in [-0.39, 0.29) is 0 Å². The average molecular weight is 227 g/mol. The van der Waals surface area contributed by atoms with Crippen LogP contribution in [0.5, 0.6) is 0 Å². The molecule has 2 N–H and O–H groups in total. The molecule has 1 aromatic rings. The third-order valence-electron chi connectivity index (χ3n) is 2.58. The molecule has 0 radical (unpaired) electrons. The highest BCUT2D eigenvalue weighted by molar-refractivity contribution is 6.29. The molecule has 82 valence electrons. The molecule has 0 spiro atoms. The van der Waals surface area contributed by atoms with Crippen molar-refractivity contribution in [1.29, 1.82) is 0 Å². The second-order valence-corrected chi connectivity index (χ2v) is 4.08. The van der Waals surface area contributed by atoms with Gasteiger partial charge in [0.2, 0.25) is 0 Å². The maximum atomic E-state index is 5.91. The molecule has 1 aliphatic rings. The number of halogens is 1. The summed E-state index contributed by atoms with van der Waals surface area (Å²) < 4.78 is 0. The Kier molecular flexibility index (Phi) is 3.88. The molecule has 1 atom stereocenters. The average Bonchev–Trinajstić information content (AvgIpc) is 2.29. The minimum Gasteiger partial charge on any atom is -0.315 e. The van der Waals surface area contributed by atoms with Crippen LogP contribution in [-0.2, 0) is 6.54 Å². The van der Waals surface area contributed by atoms with Crippen molar-refractivity contribution in [2.24, 2.45) is 0 Å². The number of rotatable bonds is 3. The van der Waals surface area contributed by atoms with Gasteiger partial charge < -0.3 is 10.6 Å². The fourth-order valence-electron chi connectivity index (χ4n) is 1.74. The van der Waals surface area contributed by atoms with Gasteiger partial charge in [-0.05, 0) is 19.4 Å². The number of piperidine rings is 1. The standard InChI is InChI=1S/C10H15ClN4/c11-10-9(13-4-5-14-10)7-15-8-2-1-3-12-6-8/h4-5,8,12,15H,1-3,6-7H2. The quantitative estimate of drug-likeness (QED) is 0.807. The molecule has 1 aromatic heterocycles.